The summed E-state index contributed by atoms with van der Waals surface area (Å²) in [6.45, 7) is 5.58. The van der Waals surface area contributed by atoms with Crippen molar-refractivity contribution >= 4 is 18.3 Å². The van der Waals surface area contributed by atoms with Crippen LogP contribution >= 0.6 is 12.4 Å². The normalized spacial score (nSPS) is 34.6. The van der Waals surface area contributed by atoms with E-state index in [0.717, 1.165) is 13.0 Å². The van der Waals surface area contributed by atoms with Crippen molar-refractivity contribution in [2.45, 2.75) is 32.4 Å². The predicted molar refractivity (Wildman–Crippen MR) is 64.7 cm³/mol. The van der Waals surface area contributed by atoms with E-state index in [1.165, 1.54) is 0 Å². The van der Waals surface area contributed by atoms with Crippen LogP contribution in [0, 0.1) is 11.3 Å². The predicted octanol–water partition coefficient (Wildman–Crippen LogP) is 0.557. The van der Waals surface area contributed by atoms with Gasteiger partial charge in [-0.05, 0) is 13.5 Å². The molecular formula is C11H21ClN2O2. The highest BCUT2D eigenvalue weighted by molar-refractivity contribution is 5.85. The second kappa shape index (κ2) is 4.90. The number of nitrogens with one attached hydrogen (secondary N) is 2. The first-order valence-corrected chi connectivity index (χ1v) is 5.63. The summed E-state index contributed by atoms with van der Waals surface area (Å²) in [4.78, 5) is 11.5. The Kier molecular flexibility index (Phi) is 4.21. The maximum absolute atomic E-state index is 11.5. The molecule has 2 N–H and O–H groups in total. The molecule has 1 saturated heterocycles. The molecule has 4 nitrogen and oxygen atoms in total. The topological polar surface area (TPSA) is 50.4 Å². The Morgan fingerprint density at radius 2 is 2.19 bits per heavy atom. The highest BCUT2D eigenvalue weighted by Crippen LogP contribution is 2.51. The Morgan fingerprint density at radius 3 is 2.81 bits per heavy atom. The van der Waals surface area contributed by atoms with Crippen molar-refractivity contribution in [2.75, 3.05) is 20.2 Å². The van der Waals surface area contributed by atoms with Crippen molar-refractivity contribution in [1.29, 1.82) is 0 Å². The summed E-state index contributed by atoms with van der Waals surface area (Å²) in [5.41, 5.74) is 0.0879. The van der Waals surface area contributed by atoms with Crippen molar-refractivity contribution in [3.05, 3.63) is 0 Å². The largest absolute Gasteiger partial charge is 0.377 e. The molecule has 2 rings (SSSR count). The first kappa shape index (κ1) is 13.7. The van der Waals surface area contributed by atoms with Crippen LogP contribution in [0.15, 0.2) is 0 Å². The molecule has 2 fully saturated rings. The number of carbonyl (C=O) groups excluding carboxylic acids is 1. The number of likely N-dealkylation sites (N-methyl/N-ethyl adjacent to an activating group) is 1. The van der Waals surface area contributed by atoms with Gasteiger partial charge in [0.15, 0.2) is 0 Å². The van der Waals surface area contributed by atoms with Gasteiger partial charge in [-0.3, -0.25) is 4.79 Å². The van der Waals surface area contributed by atoms with E-state index in [2.05, 4.69) is 24.5 Å². The monoisotopic (exact) mass is 248 g/mol. The minimum atomic E-state index is 0. The summed E-state index contributed by atoms with van der Waals surface area (Å²) in [7, 11) is 1.78. The van der Waals surface area contributed by atoms with Crippen LogP contribution in [0.3, 0.4) is 0 Å². The minimum absolute atomic E-state index is 0. The summed E-state index contributed by atoms with van der Waals surface area (Å²) >= 11 is 0. The Labute approximate surface area is 103 Å². The van der Waals surface area contributed by atoms with Gasteiger partial charge in [-0.2, -0.15) is 0 Å². The lowest BCUT2D eigenvalue weighted by molar-refractivity contribution is -0.137. The number of amides is 1. The summed E-state index contributed by atoms with van der Waals surface area (Å²) in [5, 5.41) is 5.96. The van der Waals surface area contributed by atoms with Gasteiger partial charge in [-0.1, -0.05) is 13.8 Å². The van der Waals surface area contributed by atoms with Crippen molar-refractivity contribution in [3.8, 4) is 0 Å². The van der Waals surface area contributed by atoms with Gasteiger partial charge in [-0.25, -0.2) is 0 Å². The smallest absolute Gasteiger partial charge is 0.234 e. The zero-order chi connectivity index (χ0) is 11.1. The van der Waals surface area contributed by atoms with Gasteiger partial charge >= 0.3 is 0 Å². The van der Waals surface area contributed by atoms with E-state index in [4.69, 9.17) is 4.74 Å². The molecule has 5 heteroatoms. The fraction of sp³-hybridized carbons (Fsp3) is 0.909. The second-order valence-electron chi connectivity index (χ2n) is 5.14. The molecule has 94 valence electrons. The van der Waals surface area contributed by atoms with Crippen LogP contribution in [-0.4, -0.2) is 38.3 Å². The molecule has 3 unspecified atom stereocenters. The van der Waals surface area contributed by atoms with E-state index in [-0.39, 0.29) is 29.8 Å². The van der Waals surface area contributed by atoms with Crippen molar-refractivity contribution < 1.29 is 9.53 Å². The molecule has 0 aromatic carbocycles. The van der Waals surface area contributed by atoms with Crippen LogP contribution in [-0.2, 0) is 9.53 Å². The lowest BCUT2D eigenvalue weighted by atomic mass is 9.57. The lowest BCUT2D eigenvalue weighted by Crippen LogP contribution is -2.67. The summed E-state index contributed by atoms with van der Waals surface area (Å²) in [6, 6.07) is 0.283. The van der Waals surface area contributed by atoms with Crippen LogP contribution in [0.4, 0.5) is 0 Å². The van der Waals surface area contributed by atoms with E-state index in [1.54, 1.807) is 7.05 Å². The molecule has 1 saturated carbocycles. The molecule has 3 atom stereocenters. The zero-order valence-corrected chi connectivity index (χ0v) is 10.9. The number of fused-ring (bicyclic) bond motifs is 1. The molecule has 0 spiro atoms. The number of hydrogen-bond acceptors (Lipinski definition) is 3. The third kappa shape index (κ3) is 2.06. The van der Waals surface area contributed by atoms with Gasteiger partial charge < -0.3 is 15.4 Å². The average Bonchev–Trinajstić information content (AvgIpc) is 2.61. The highest BCUT2D eigenvalue weighted by atomic mass is 35.5. The Hall–Kier alpha value is -0.320. The molecule has 0 radical (unpaired) electrons. The molecule has 0 aromatic heterocycles. The summed E-state index contributed by atoms with van der Waals surface area (Å²) in [5.74, 6) is 0.613. The molecule has 1 aliphatic carbocycles. The van der Waals surface area contributed by atoms with Gasteiger partial charge in [0.25, 0.3) is 0 Å². The fourth-order valence-electron chi connectivity index (χ4n) is 3.00. The Morgan fingerprint density at radius 1 is 1.50 bits per heavy atom. The quantitative estimate of drug-likeness (QED) is 0.767. The fourth-order valence-corrected chi connectivity index (χ4v) is 3.00. The van der Waals surface area contributed by atoms with Gasteiger partial charge in [0.1, 0.15) is 0 Å². The first-order chi connectivity index (χ1) is 7.07. The van der Waals surface area contributed by atoms with Crippen LogP contribution in [0.1, 0.15) is 20.3 Å². The van der Waals surface area contributed by atoms with E-state index in [0.29, 0.717) is 18.6 Å². The number of hydrogen-bond donors (Lipinski definition) is 2. The zero-order valence-electron chi connectivity index (χ0n) is 10.1. The Balaban J connectivity index is 0.00000128. The van der Waals surface area contributed by atoms with Crippen LogP contribution < -0.4 is 10.6 Å². The molecule has 2 aliphatic rings. The highest BCUT2D eigenvalue weighted by Gasteiger charge is 2.59. The maximum atomic E-state index is 11.5. The molecule has 0 aromatic rings. The average molecular weight is 249 g/mol. The van der Waals surface area contributed by atoms with Crippen molar-refractivity contribution in [3.63, 3.8) is 0 Å². The van der Waals surface area contributed by atoms with Crippen LogP contribution in [0.5, 0.6) is 0 Å². The number of carbonyl (C=O) groups is 1. The van der Waals surface area contributed by atoms with Gasteiger partial charge in [0.05, 0.1) is 12.6 Å². The Bertz CT molecular complexity index is 271. The second-order valence-corrected chi connectivity index (χ2v) is 5.14. The standard InChI is InChI=1S/C11H20N2O2.ClH/c1-11(2)9(13-8(14)6-12-3)7-4-5-15-10(7)11;/h7,9-10,12H,4-6H2,1-3H3,(H,13,14);1H. The molecule has 16 heavy (non-hydrogen) atoms. The summed E-state index contributed by atoms with van der Waals surface area (Å²) < 4.78 is 5.67. The van der Waals surface area contributed by atoms with Crippen molar-refractivity contribution in [1.82, 2.24) is 10.6 Å². The van der Waals surface area contributed by atoms with Gasteiger partial charge in [0, 0.05) is 24.0 Å². The molecular weight excluding hydrogens is 228 g/mol. The lowest BCUT2D eigenvalue weighted by Gasteiger charge is -2.54. The first-order valence-electron chi connectivity index (χ1n) is 5.63. The minimum Gasteiger partial charge on any atom is -0.377 e. The van der Waals surface area contributed by atoms with Gasteiger partial charge in [-0.15, -0.1) is 12.4 Å². The van der Waals surface area contributed by atoms with Crippen LogP contribution in [0.2, 0.25) is 0 Å². The van der Waals surface area contributed by atoms with Gasteiger partial charge in [0.2, 0.25) is 5.91 Å². The maximum Gasteiger partial charge on any atom is 0.234 e. The van der Waals surface area contributed by atoms with E-state index >= 15 is 0 Å². The molecule has 1 heterocycles. The van der Waals surface area contributed by atoms with E-state index < -0.39 is 0 Å². The third-order valence-electron chi connectivity index (χ3n) is 3.75. The van der Waals surface area contributed by atoms with E-state index in [1.807, 2.05) is 0 Å². The molecule has 0 bridgehead atoms. The SMILES string of the molecule is CNCC(=O)NC1C2CCOC2C1(C)C.Cl. The molecule has 1 amide bonds. The van der Waals surface area contributed by atoms with Crippen LogP contribution in [0.25, 0.3) is 0 Å². The van der Waals surface area contributed by atoms with Crippen molar-refractivity contribution in [2.24, 2.45) is 11.3 Å². The summed E-state index contributed by atoms with van der Waals surface area (Å²) in [6.07, 6.45) is 1.43. The number of halogens is 1. The number of ether oxygens (including phenoxy) is 1. The number of rotatable bonds is 3. The van der Waals surface area contributed by atoms with E-state index in [9.17, 15) is 4.79 Å². The third-order valence-corrected chi connectivity index (χ3v) is 3.75. The molecule has 1 aliphatic heterocycles.